The van der Waals surface area contributed by atoms with Gasteiger partial charge in [0.05, 0.1) is 0 Å². The molecule has 16 heavy (non-hydrogen) atoms. The summed E-state index contributed by atoms with van der Waals surface area (Å²) in [5.41, 5.74) is 0. The van der Waals surface area contributed by atoms with E-state index in [2.05, 4.69) is 72.6 Å². The van der Waals surface area contributed by atoms with Gasteiger partial charge >= 0.3 is 120 Å². The van der Waals surface area contributed by atoms with Gasteiger partial charge in [-0.2, -0.15) is 0 Å². The van der Waals surface area contributed by atoms with E-state index in [-0.39, 0.29) is 3.05 Å². The molecule has 0 bridgehead atoms. The van der Waals surface area contributed by atoms with Gasteiger partial charge in [0.15, 0.2) is 0 Å². The number of allylic oxidation sites excluding steroid dienone is 2. The molecule has 0 spiro atoms. The van der Waals surface area contributed by atoms with E-state index in [0.29, 0.717) is 4.32 Å². The van der Waals surface area contributed by atoms with Gasteiger partial charge in [-0.3, -0.25) is 0 Å². The summed E-state index contributed by atoms with van der Waals surface area (Å²) in [4.78, 5) is 0. The molecule has 4 heteroatoms. The van der Waals surface area contributed by atoms with Gasteiger partial charge in [-0.25, -0.2) is 0 Å². The van der Waals surface area contributed by atoms with Gasteiger partial charge in [-0.1, -0.05) is 0 Å². The van der Waals surface area contributed by atoms with Gasteiger partial charge in [-0.05, 0) is 0 Å². The topological polar surface area (TPSA) is 12.0 Å². The molecule has 0 aliphatic heterocycles. The molecule has 1 aliphatic carbocycles. The zero-order chi connectivity index (χ0) is 11.4. The third-order valence-corrected chi connectivity index (χ3v) is 11.0. The van der Waals surface area contributed by atoms with Crippen molar-refractivity contribution in [1.29, 1.82) is 0 Å². The minimum atomic E-state index is -1.34. The number of hydrogen-bond acceptors (Lipinski definition) is 1. The van der Waals surface area contributed by atoms with Crippen molar-refractivity contribution in [3.05, 3.63) is 54.6 Å². The Bertz CT molecular complexity index is 428. The van der Waals surface area contributed by atoms with E-state index in [4.69, 9.17) is 12.2 Å². The van der Waals surface area contributed by atoms with Crippen LogP contribution in [0.3, 0.4) is 0 Å². The molecule has 0 atom stereocenters. The van der Waals surface area contributed by atoms with E-state index in [9.17, 15) is 0 Å². The van der Waals surface area contributed by atoms with Crippen molar-refractivity contribution in [2.45, 2.75) is 3.05 Å². The van der Waals surface area contributed by atoms with E-state index < -0.39 is 24.6 Å². The van der Waals surface area contributed by atoms with Crippen LogP contribution in [0, 0.1) is 0 Å². The molecule has 0 heterocycles. The number of nitrogens with one attached hydrogen (secondary N) is 1. The SMILES string of the molecule is S=C(S)N[C]1([Hg][c]2ccccc2)C=CC=C1. The predicted molar refractivity (Wildman–Crippen MR) is 71.8 cm³/mol. The summed E-state index contributed by atoms with van der Waals surface area (Å²) in [5.74, 6) is 0. The zero-order valence-electron chi connectivity index (χ0n) is 8.76. The first kappa shape index (κ1) is 12.3. The Kier molecular flexibility index (Phi) is 4.22. The van der Waals surface area contributed by atoms with E-state index in [1.807, 2.05) is 0 Å². The minimum absolute atomic E-state index is 0.0141. The number of thiol groups is 1. The van der Waals surface area contributed by atoms with Crippen LogP contribution in [0.5, 0.6) is 0 Å². The normalized spacial score (nSPS) is 15.8. The van der Waals surface area contributed by atoms with Crippen LogP contribution in [0.1, 0.15) is 0 Å². The summed E-state index contributed by atoms with van der Waals surface area (Å²) in [7, 11) is 0. The molecule has 0 saturated carbocycles. The molecular weight excluding hydrogens is 423 g/mol. The molecule has 0 amide bonds. The molecule has 1 aromatic carbocycles. The Hall–Kier alpha value is -0.125. The Morgan fingerprint density at radius 2 is 1.81 bits per heavy atom. The van der Waals surface area contributed by atoms with E-state index in [1.54, 1.807) is 0 Å². The fourth-order valence-corrected chi connectivity index (χ4v) is 11.0. The first-order valence-corrected chi connectivity index (χ1v) is 11.5. The number of rotatable bonds is 3. The molecule has 0 unspecified atom stereocenters. The number of benzene rings is 1. The molecule has 0 radical (unpaired) electrons. The van der Waals surface area contributed by atoms with Crippen LogP contribution >= 0.6 is 24.8 Å². The predicted octanol–water partition coefficient (Wildman–Crippen LogP) is 2.02. The van der Waals surface area contributed by atoms with Crippen molar-refractivity contribution >= 4 is 32.2 Å². The standard InChI is InChI=1S/C6H6NS2.C6H5.Hg/c8-6(9)7-5-3-1-2-4-5;1-2-4-6-5-3-1;/h1-4H,(H2,7,8,9);1-5H;. The van der Waals surface area contributed by atoms with Gasteiger partial charge < -0.3 is 0 Å². The van der Waals surface area contributed by atoms with Gasteiger partial charge in [0.2, 0.25) is 0 Å². The Morgan fingerprint density at radius 1 is 1.19 bits per heavy atom. The van der Waals surface area contributed by atoms with Crippen LogP contribution in [-0.2, 0) is 24.6 Å². The van der Waals surface area contributed by atoms with Crippen LogP contribution in [0.4, 0.5) is 0 Å². The average Bonchev–Trinajstić information content (AvgIpc) is 2.66. The molecule has 1 aliphatic rings. The zero-order valence-corrected chi connectivity index (χ0v) is 16.0. The van der Waals surface area contributed by atoms with Crippen molar-refractivity contribution < 1.29 is 24.6 Å². The van der Waals surface area contributed by atoms with Crippen LogP contribution in [0.2, 0.25) is 0 Å². The molecule has 0 fully saturated rings. The number of hydrogen-bond donors (Lipinski definition) is 2. The second kappa shape index (κ2) is 5.47. The van der Waals surface area contributed by atoms with Crippen molar-refractivity contribution in [3.8, 4) is 0 Å². The molecule has 1 nitrogen and oxygen atoms in total. The van der Waals surface area contributed by atoms with Gasteiger partial charge in [0.25, 0.3) is 0 Å². The molecule has 1 aromatic rings. The average molecular weight is 434 g/mol. The van der Waals surface area contributed by atoms with Crippen LogP contribution in [-0.4, -0.2) is 7.37 Å². The molecule has 78 valence electrons. The molecule has 1 N–H and O–H groups in total. The molecule has 0 aromatic heterocycles. The molecular formula is C12H11HgNS2. The van der Waals surface area contributed by atoms with E-state index >= 15 is 0 Å². The summed E-state index contributed by atoms with van der Waals surface area (Å²) in [6, 6.07) is 10.7. The fourth-order valence-electron chi connectivity index (χ4n) is 1.89. The molecule has 2 rings (SSSR count). The van der Waals surface area contributed by atoms with Crippen molar-refractivity contribution in [3.63, 3.8) is 0 Å². The van der Waals surface area contributed by atoms with Crippen LogP contribution in [0.15, 0.2) is 54.6 Å². The van der Waals surface area contributed by atoms with Crippen molar-refractivity contribution in [2.24, 2.45) is 0 Å². The summed E-state index contributed by atoms with van der Waals surface area (Å²) in [6.07, 6.45) is 8.60. The fraction of sp³-hybridized carbons (Fsp3) is 0.0833. The monoisotopic (exact) mass is 435 g/mol. The Balaban J connectivity index is 2.19. The van der Waals surface area contributed by atoms with Gasteiger partial charge in [0, 0.05) is 0 Å². The second-order valence-electron chi connectivity index (χ2n) is 3.85. The Morgan fingerprint density at radius 3 is 2.38 bits per heavy atom. The maximum absolute atomic E-state index is 5.04. The third-order valence-electron chi connectivity index (χ3n) is 2.58. The quantitative estimate of drug-likeness (QED) is 0.430. The second-order valence-corrected chi connectivity index (χ2v) is 14.1. The van der Waals surface area contributed by atoms with Crippen LogP contribution < -0.4 is 8.39 Å². The van der Waals surface area contributed by atoms with E-state index in [1.165, 1.54) is 3.07 Å². The first-order chi connectivity index (χ1) is 7.70. The summed E-state index contributed by atoms with van der Waals surface area (Å²) in [6.45, 7) is 0. The Labute approximate surface area is 119 Å². The summed E-state index contributed by atoms with van der Waals surface area (Å²) < 4.78 is 2.09. The summed E-state index contributed by atoms with van der Waals surface area (Å²) >= 11 is 7.89. The number of thiocarbonyl (C=S) groups is 1. The van der Waals surface area contributed by atoms with Crippen molar-refractivity contribution in [2.75, 3.05) is 0 Å². The van der Waals surface area contributed by atoms with Gasteiger partial charge in [-0.15, -0.1) is 0 Å². The summed E-state index contributed by atoms with van der Waals surface area (Å²) in [5, 5.41) is 3.32. The molecule has 0 saturated heterocycles. The third kappa shape index (κ3) is 3.18. The van der Waals surface area contributed by atoms with Crippen LogP contribution in [0.25, 0.3) is 0 Å². The van der Waals surface area contributed by atoms with Crippen molar-refractivity contribution in [1.82, 2.24) is 5.32 Å². The maximum atomic E-state index is 5.04. The van der Waals surface area contributed by atoms with Gasteiger partial charge in [0.1, 0.15) is 0 Å². The first-order valence-electron chi connectivity index (χ1n) is 5.12. The van der Waals surface area contributed by atoms with E-state index in [0.717, 1.165) is 0 Å².